The largest absolute Gasteiger partial charge is 0.497 e. The number of hydrogen-bond donors (Lipinski definition) is 0. The van der Waals surface area contributed by atoms with Crippen LogP contribution in [-0.4, -0.2) is 70.0 Å². The zero-order valence-corrected chi connectivity index (χ0v) is 21.2. The number of methoxy groups -OCH3 is 1. The minimum Gasteiger partial charge on any atom is -0.497 e. The fraction of sp³-hybridized carbons (Fsp3) is 0.300. The molecule has 1 aliphatic heterocycles. The molecule has 0 amide bonds. The van der Waals surface area contributed by atoms with Crippen molar-refractivity contribution in [3.8, 4) is 16.9 Å². The summed E-state index contributed by atoms with van der Waals surface area (Å²) in [7, 11) is 7.81. The molecule has 0 unspecified atom stereocenters. The maximum Gasteiger partial charge on any atom is 0.186 e. The first-order chi connectivity index (χ1) is 16.9. The second-order valence-electron chi connectivity index (χ2n) is 9.43. The van der Waals surface area contributed by atoms with E-state index in [9.17, 15) is 4.79 Å². The Morgan fingerprint density at radius 2 is 1.69 bits per heavy atom. The Bertz CT molecular complexity index is 1180. The first-order valence-corrected chi connectivity index (χ1v) is 12.1. The average Bonchev–Trinajstić information content (AvgIpc) is 2.87. The molecule has 0 aliphatic carbocycles. The quantitative estimate of drug-likeness (QED) is 0.340. The smallest absolute Gasteiger partial charge is 0.186 e. The number of allylic oxidation sites excluding steroid dienone is 1. The van der Waals surface area contributed by atoms with Crippen LogP contribution in [0.15, 0.2) is 72.8 Å². The number of piperazine rings is 1. The summed E-state index contributed by atoms with van der Waals surface area (Å²) in [6.07, 6.45) is 3.64. The highest BCUT2D eigenvalue weighted by molar-refractivity contribution is 6.08. The number of carbonyl (C=O) groups excluding carboxylic acids is 1. The summed E-state index contributed by atoms with van der Waals surface area (Å²) in [6.45, 7) is 4.76. The number of carbonyl (C=O) groups is 1. The minimum absolute atomic E-state index is 0.00392. The predicted octanol–water partition coefficient (Wildman–Crippen LogP) is 5.07. The zero-order valence-electron chi connectivity index (χ0n) is 21.2. The highest BCUT2D eigenvalue weighted by Crippen LogP contribution is 2.29. The van der Waals surface area contributed by atoms with Crippen LogP contribution in [-0.2, 0) is 6.54 Å². The van der Waals surface area contributed by atoms with Gasteiger partial charge in [-0.25, -0.2) is 0 Å². The van der Waals surface area contributed by atoms with Crippen molar-refractivity contribution in [3.63, 3.8) is 0 Å². The summed E-state index contributed by atoms with van der Waals surface area (Å²) in [5, 5.41) is 0. The van der Waals surface area contributed by atoms with Crippen LogP contribution < -0.4 is 9.64 Å². The van der Waals surface area contributed by atoms with Gasteiger partial charge < -0.3 is 19.4 Å². The number of ketones is 1. The van der Waals surface area contributed by atoms with Crippen LogP contribution in [0.3, 0.4) is 0 Å². The number of ether oxygens (including phenoxy) is 1. The van der Waals surface area contributed by atoms with Gasteiger partial charge in [-0.2, -0.15) is 0 Å². The van der Waals surface area contributed by atoms with Gasteiger partial charge in [0.2, 0.25) is 0 Å². The Kier molecular flexibility index (Phi) is 8.01. The normalized spacial score (nSPS) is 14.6. The molecule has 1 heterocycles. The topological polar surface area (TPSA) is 36.0 Å². The highest BCUT2D eigenvalue weighted by atomic mass is 16.5. The lowest BCUT2D eigenvalue weighted by molar-refractivity contribution is 0.104. The van der Waals surface area contributed by atoms with E-state index in [0.717, 1.165) is 48.6 Å². The molecule has 4 rings (SSSR count). The molecule has 5 nitrogen and oxygen atoms in total. The van der Waals surface area contributed by atoms with Gasteiger partial charge >= 0.3 is 0 Å². The van der Waals surface area contributed by atoms with E-state index in [1.807, 2.05) is 44.4 Å². The molecule has 1 aliphatic rings. The Hall–Kier alpha value is -3.41. The van der Waals surface area contributed by atoms with Crippen LogP contribution in [0.5, 0.6) is 5.75 Å². The lowest BCUT2D eigenvalue weighted by atomic mass is 9.99. The third-order valence-corrected chi connectivity index (χ3v) is 6.41. The molecule has 0 aromatic heterocycles. The molecule has 1 fully saturated rings. The lowest BCUT2D eigenvalue weighted by Gasteiger charge is -2.34. The van der Waals surface area contributed by atoms with Gasteiger partial charge in [0.15, 0.2) is 5.78 Å². The summed E-state index contributed by atoms with van der Waals surface area (Å²) in [4.78, 5) is 20.1. The van der Waals surface area contributed by atoms with E-state index >= 15 is 0 Å². The average molecular weight is 470 g/mol. The van der Waals surface area contributed by atoms with Crippen molar-refractivity contribution in [3.05, 3.63) is 89.5 Å². The molecule has 0 radical (unpaired) electrons. The van der Waals surface area contributed by atoms with Crippen molar-refractivity contribution in [2.75, 3.05) is 59.3 Å². The molecule has 0 bridgehead atoms. The van der Waals surface area contributed by atoms with Gasteiger partial charge in [-0.05, 0) is 85.9 Å². The summed E-state index contributed by atoms with van der Waals surface area (Å²) in [6, 6.07) is 22.7. The lowest BCUT2D eigenvalue weighted by Crippen LogP contribution is -2.44. The van der Waals surface area contributed by atoms with E-state index in [1.54, 1.807) is 13.2 Å². The van der Waals surface area contributed by atoms with Crippen molar-refractivity contribution >= 4 is 17.5 Å². The molecule has 0 spiro atoms. The number of benzene rings is 3. The molecule has 3 aromatic carbocycles. The molecule has 35 heavy (non-hydrogen) atoms. The van der Waals surface area contributed by atoms with Crippen LogP contribution in [0.1, 0.15) is 21.5 Å². The fourth-order valence-corrected chi connectivity index (χ4v) is 4.45. The Morgan fingerprint density at radius 1 is 0.943 bits per heavy atom. The molecule has 0 atom stereocenters. The molecule has 0 saturated carbocycles. The second kappa shape index (κ2) is 11.3. The van der Waals surface area contributed by atoms with E-state index in [0.29, 0.717) is 12.1 Å². The zero-order chi connectivity index (χ0) is 24.8. The molecule has 3 aromatic rings. The third kappa shape index (κ3) is 6.38. The summed E-state index contributed by atoms with van der Waals surface area (Å²) >= 11 is 0. The van der Waals surface area contributed by atoms with E-state index in [4.69, 9.17) is 4.74 Å². The van der Waals surface area contributed by atoms with Gasteiger partial charge in [-0.1, -0.05) is 36.4 Å². The van der Waals surface area contributed by atoms with Crippen LogP contribution in [0.2, 0.25) is 0 Å². The minimum atomic E-state index is -0.00392. The van der Waals surface area contributed by atoms with E-state index < -0.39 is 0 Å². The second-order valence-corrected chi connectivity index (χ2v) is 9.43. The summed E-state index contributed by atoms with van der Waals surface area (Å²) < 4.78 is 5.38. The van der Waals surface area contributed by atoms with Crippen molar-refractivity contribution < 1.29 is 9.53 Å². The van der Waals surface area contributed by atoms with Crippen LogP contribution >= 0.6 is 0 Å². The number of anilines is 1. The fourth-order valence-electron chi connectivity index (χ4n) is 4.45. The van der Waals surface area contributed by atoms with Crippen molar-refractivity contribution in [2.24, 2.45) is 0 Å². The molecule has 5 heteroatoms. The van der Waals surface area contributed by atoms with Gasteiger partial charge in [0, 0.05) is 44.0 Å². The third-order valence-electron chi connectivity index (χ3n) is 6.41. The first-order valence-electron chi connectivity index (χ1n) is 12.1. The van der Waals surface area contributed by atoms with Gasteiger partial charge in [0.1, 0.15) is 5.75 Å². The first kappa shape index (κ1) is 24.7. The van der Waals surface area contributed by atoms with E-state index in [1.165, 1.54) is 11.3 Å². The van der Waals surface area contributed by atoms with E-state index in [2.05, 4.69) is 64.2 Å². The maximum absolute atomic E-state index is 13.2. The molecule has 0 N–H and O–H groups in total. The van der Waals surface area contributed by atoms with E-state index in [-0.39, 0.29) is 5.78 Å². The number of hydrogen-bond acceptors (Lipinski definition) is 5. The molecular formula is C30H35N3O2. The van der Waals surface area contributed by atoms with Crippen molar-refractivity contribution in [1.82, 2.24) is 9.80 Å². The van der Waals surface area contributed by atoms with Crippen molar-refractivity contribution in [2.45, 2.75) is 6.54 Å². The monoisotopic (exact) mass is 469 g/mol. The Labute approximate surface area is 209 Å². The van der Waals surface area contributed by atoms with Crippen molar-refractivity contribution in [1.29, 1.82) is 0 Å². The van der Waals surface area contributed by atoms with Gasteiger partial charge in [-0.15, -0.1) is 0 Å². The maximum atomic E-state index is 13.2. The summed E-state index contributed by atoms with van der Waals surface area (Å²) in [5.74, 6) is 0.755. The Balaban J connectivity index is 1.66. The SMILES string of the molecule is COc1ccc(C(=O)/C=C/c2cc(-c3ccccc3)cc(N3CCN(C)CC3)c2)c(CN(C)C)c1. The number of rotatable bonds is 8. The van der Waals surface area contributed by atoms with Gasteiger partial charge in [-0.3, -0.25) is 4.79 Å². The molecule has 182 valence electrons. The van der Waals surface area contributed by atoms with Gasteiger partial charge in [0.25, 0.3) is 0 Å². The van der Waals surface area contributed by atoms with Crippen LogP contribution in [0.4, 0.5) is 5.69 Å². The predicted molar refractivity (Wildman–Crippen MR) is 145 cm³/mol. The van der Waals surface area contributed by atoms with Crippen LogP contribution in [0.25, 0.3) is 17.2 Å². The molecular weight excluding hydrogens is 434 g/mol. The van der Waals surface area contributed by atoms with Gasteiger partial charge in [0.05, 0.1) is 7.11 Å². The van der Waals surface area contributed by atoms with Crippen LogP contribution in [0, 0.1) is 0 Å². The number of likely N-dealkylation sites (N-methyl/N-ethyl adjacent to an activating group) is 1. The Morgan fingerprint density at radius 3 is 2.37 bits per heavy atom. The molecule has 1 saturated heterocycles. The number of nitrogens with zero attached hydrogens (tertiary/aromatic N) is 3. The summed E-state index contributed by atoms with van der Waals surface area (Å²) in [5.41, 5.74) is 6.22. The highest BCUT2D eigenvalue weighted by Gasteiger charge is 2.16. The standard InChI is InChI=1S/C30H35N3O2/c1-31(2)22-26-21-28(35-4)11-12-29(26)30(34)13-10-23-18-25(24-8-6-5-7-9-24)20-27(19-23)33-16-14-32(3)15-17-33/h5-13,18-21H,14-17,22H2,1-4H3/b13-10+.